The maximum atomic E-state index is 12.1. The minimum absolute atomic E-state index is 0.00480. The van der Waals surface area contributed by atoms with E-state index in [1.165, 1.54) is 11.3 Å². The van der Waals surface area contributed by atoms with E-state index in [1.54, 1.807) is 24.3 Å². The van der Waals surface area contributed by atoms with Crippen LogP contribution in [-0.2, 0) is 6.42 Å². The highest BCUT2D eigenvalue weighted by molar-refractivity contribution is 9.10. The Bertz CT molecular complexity index is 565. The quantitative estimate of drug-likeness (QED) is 0.692. The molecule has 17 heavy (non-hydrogen) atoms. The van der Waals surface area contributed by atoms with Gasteiger partial charge in [0.25, 0.3) is 0 Å². The molecule has 88 valence electrons. The van der Waals surface area contributed by atoms with Gasteiger partial charge in [0.1, 0.15) is 0 Å². The van der Waals surface area contributed by atoms with Gasteiger partial charge in [0, 0.05) is 21.3 Å². The Morgan fingerprint density at radius 1 is 1.24 bits per heavy atom. The Morgan fingerprint density at radius 2 is 2.00 bits per heavy atom. The molecule has 0 atom stereocenters. The molecule has 2 rings (SSSR count). The molecule has 0 aliphatic carbocycles. The number of rotatable bonds is 3. The number of ketones is 1. The molecule has 0 saturated heterocycles. The summed E-state index contributed by atoms with van der Waals surface area (Å²) in [7, 11) is 0. The topological polar surface area (TPSA) is 17.1 Å². The van der Waals surface area contributed by atoms with Crippen LogP contribution in [0.5, 0.6) is 0 Å². The third-order valence-corrected chi connectivity index (χ3v) is 4.74. The Hall–Kier alpha value is -0.350. The smallest absolute Gasteiger partial charge is 0.169 e. The van der Waals surface area contributed by atoms with Crippen LogP contribution in [0.15, 0.2) is 34.8 Å². The summed E-state index contributed by atoms with van der Waals surface area (Å²) < 4.78 is 1.42. The molecule has 1 heterocycles. The molecule has 1 aromatic carbocycles. The number of Topliss-reactive ketones (excluding diaryl/α,β-unsaturated/α-hetero) is 1. The summed E-state index contributed by atoms with van der Waals surface area (Å²) in [6.07, 6.45) is 0.327. The van der Waals surface area contributed by atoms with E-state index >= 15 is 0 Å². The molecule has 0 fully saturated rings. The third-order valence-electron chi connectivity index (χ3n) is 2.22. The highest BCUT2D eigenvalue weighted by atomic mass is 79.9. The Balaban J connectivity index is 2.23. The molecule has 0 aliphatic heterocycles. The predicted octanol–water partition coefficient (Wildman–Crippen LogP) is 5.24. The number of thiophene rings is 1. The molecule has 1 aromatic heterocycles. The lowest BCUT2D eigenvalue weighted by Crippen LogP contribution is -2.03. The molecule has 0 radical (unpaired) electrons. The van der Waals surface area contributed by atoms with Gasteiger partial charge in [0.15, 0.2) is 5.78 Å². The molecule has 0 unspecified atom stereocenters. The monoisotopic (exact) mass is 348 g/mol. The van der Waals surface area contributed by atoms with Crippen LogP contribution in [0.2, 0.25) is 9.36 Å². The SMILES string of the molecule is O=C(Cc1ccc(Cl)s1)c1cccc(Br)c1Cl. The van der Waals surface area contributed by atoms with Crippen LogP contribution < -0.4 is 0 Å². The summed E-state index contributed by atoms with van der Waals surface area (Å²) in [4.78, 5) is 13.0. The predicted molar refractivity (Wildman–Crippen MR) is 76.5 cm³/mol. The first-order valence-corrected chi connectivity index (χ1v) is 7.16. The lowest BCUT2D eigenvalue weighted by atomic mass is 10.1. The van der Waals surface area contributed by atoms with E-state index in [4.69, 9.17) is 23.2 Å². The average Bonchev–Trinajstić information content (AvgIpc) is 2.68. The van der Waals surface area contributed by atoms with Gasteiger partial charge in [-0.05, 0) is 40.2 Å². The average molecular weight is 350 g/mol. The highest BCUT2D eigenvalue weighted by Crippen LogP contribution is 2.28. The van der Waals surface area contributed by atoms with Crippen LogP contribution in [0.25, 0.3) is 0 Å². The van der Waals surface area contributed by atoms with Crippen LogP contribution in [-0.4, -0.2) is 5.78 Å². The highest BCUT2D eigenvalue weighted by Gasteiger charge is 2.13. The van der Waals surface area contributed by atoms with Gasteiger partial charge in [-0.15, -0.1) is 11.3 Å². The van der Waals surface area contributed by atoms with Gasteiger partial charge < -0.3 is 0 Å². The summed E-state index contributed by atoms with van der Waals surface area (Å²) in [6, 6.07) is 8.98. The van der Waals surface area contributed by atoms with Gasteiger partial charge >= 0.3 is 0 Å². The van der Waals surface area contributed by atoms with Crippen LogP contribution >= 0.6 is 50.5 Å². The van der Waals surface area contributed by atoms with Crippen molar-refractivity contribution in [3.05, 3.63) is 54.6 Å². The van der Waals surface area contributed by atoms with Crippen molar-refractivity contribution in [2.45, 2.75) is 6.42 Å². The number of hydrogen-bond donors (Lipinski definition) is 0. The van der Waals surface area contributed by atoms with Gasteiger partial charge in [0.05, 0.1) is 9.36 Å². The summed E-state index contributed by atoms with van der Waals surface area (Å²) >= 11 is 16.6. The lowest BCUT2D eigenvalue weighted by Gasteiger charge is -2.03. The second-order valence-corrected chi connectivity index (χ2v) is 6.44. The molecular weight excluding hydrogens is 343 g/mol. The molecular formula is C12H7BrCl2OS. The van der Waals surface area contributed by atoms with Crippen LogP contribution in [0.3, 0.4) is 0 Å². The third kappa shape index (κ3) is 3.10. The maximum Gasteiger partial charge on any atom is 0.169 e. The lowest BCUT2D eigenvalue weighted by molar-refractivity contribution is 0.0994. The van der Waals surface area contributed by atoms with Gasteiger partial charge in [-0.2, -0.15) is 0 Å². The fourth-order valence-electron chi connectivity index (χ4n) is 1.42. The number of benzene rings is 1. The molecule has 1 nitrogen and oxygen atoms in total. The Kier molecular flexibility index (Phi) is 4.26. The molecule has 0 N–H and O–H groups in total. The molecule has 0 aliphatic rings. The number of halogens is 3. The van der Waals surface area contributed by atoms with Crippen molar-refractivity contribution in [2.24, 2.45) is 0 Å². The van der Waals surface area contributed by atoms with Crippen molar-refractivity contribution >= 4 is 56.3 Å². The normalized spacial score (nSPS) is 10.5. The molecule has 0 saturated carbocycles. The summed E-state index contributed by atoms with van der Waals surface area (Å²) in [5.74, 6) is -0.00480. The molecule has 0 spiro atoms. The summed E-state index contributed by atoms with van der Waals surface area (Å²) in [5.41, 5.74) is 0.533. The largest absolute Gasteiger partial charge is 0.294 e. The zero-order valence-corrected chi connectivity index (χ0v) is 12.5. The fraction of sp³-hybridized carbons (Fsp3) is 0.0833. The van der Waals surface area contributed by atoms with E-state index in [0.29, 0.717) is 21.3 Å². The number of hydrogen-bond acceptors (Lipinski definition) is 2. The molecule has 0 bridgehead atoms. The summed E-state index contributed by atoms with van der Waals surface area (Å²) in [6.45, 7) is 0. The van der Waals surface area contributed by atoms with Gasteiger partial charge in [-0.1, -0.05) is 29.3 Å². The van der Waals surface area contributed by atoms with E-state index in [2.05, 4.69) is 15.9 Å². The first-order valence-electron chi connectivity index (χ1n) is 4.79. The zero-order chi connectivity index (χ0) is 12.4. The maximum absolute atomic E-state index is 12.1. The van der Waals surface area contributed by atoms with Crippen LogP contribution in [0.4, 0.5) is 0 Å². The van der Waals surface area contributed by atoms with Gasteiger partial charge in [0.2, 0.25) is 0 Å². The van der Waals surface area contributed by atoms with Crippen molar-refractivity contribution in [3.8, 4) is 0 Å². The van der Waals surface area contributed by atoms with Crippen LogP contribution in [0.1, 0.15) is 15.2 Å². The molecule has 2 aromatic rings. The number of carbonyl (C=O) groups is 1. The van der Waals surface area contributed by atoms with E-state index in [1.807, 2.05) is 6.07 Å². The zero-order valence-electron chi connectivity index (χ0n) is 8.54. The van der Waals surface area contributed by atoms with Crippen molar-refractivity contribution in [1.29, 1.82) is 0 Å². The van der Waals surface area contributed by atoms with E-state index < -0.39 is 0 Å². The van der Waals surface area contributed by atoms with E-state index in [0.717, 1.165) is 9.35 Å². The van der Waals surface area contributed by atoms with Crippen molar-refractivity contribution in [2.75, 3.05) is 0 Å². The molecule has 0 amide bonds. The van der Waals surface area contributed by atoms with Crippen molar-refractivity contribution in [1.82, 2.24) is 0 Å². The van der Waals surface area contributed by atoms with Crippen LogP contribution in [0, 0.1) is 0 Å². The Morgan fingerprint density at radius 3 is 2.65 bits per heavy atom. The van der Waals surface area contributed by atoms with E-state index in [9.17, 15) is 4.79 Å². The van der Waals surface area contributed by atoms with Crippen molar-refractivity contribution < 1.29 is 4.79 Å². The fourth-order valence-corrected chi connectivity index (χ4v) is 3.10. The first-order chi connectivity index (χ1) is 8.08. The second kappa shape index (κ2) is 5.53. The first kappa shape index (κ1) is 13.1. The molecule has 5 heteroatoms. The second-order valence-electron chi connectivity index (χ2n) is 3.41. The van der Waals surface area contributed by atoms with E-state index in [-0.39, 0.29) is 5.78 Å². The van der Waals surface area contributed by atoms with Crippen molar-refractivity contribution in [3.63, 3.8) is 0 Å². The minimum Gasteiger partial charge on any atom is -0.294 e. The number of carbonyl (C=O) groups excluding carboxylic acids is 1. The Labute approximate surface area is 121 Å². The van der Waals surface area contributed by atoms with Gasteiger partial charge in [-0.3, -0.25) is 4.79 Å². The standard InChI is InChI=1S/C12H7BrCl2OS/c13-9-3-1-2-8(12(9)15)10(16)6-7-4-5-11(14)17-7/h1-5H,6H2. The van der Waals surface area contributed by atoms with Gasteiger partial charge in [-0.25, -0.2) is 0 Å². The minimum atomic E-state index is -0.00480. The summed E-state index contributed by atoms with van der Waals surface area (Å²) in [5, 5.41) is 0.458.